The predicted octanol–water partition coefficient (Wildman–Crippen LogP) is 2.31. The molecule has 9 heteroatoms. The maximum atomic E-state index is 12.5. The van der Waals surface area contributed by atoms with Crippen LogP contribution in [0, 0.1) is 0 Å². The van der Waals surface area contributed by atoms with Gasteiger partial charge in [-0.3, -0.25) is 4.72 Å². The molecule has 0 atom stereocenters. The lowest BCUT2D eigenvalue weighted by Crippen LogP contribution is -2.23. The molecule has 0 saturated heterocycles. The largest absolute Gasteiger partial charge is 0.495 e. The van der Waals surface area contributed by atoms with Gasteiger partial charge in [-0.05, 0) is 42.3 Å². The molecule has 0 amide bonds. The van der Waals surface area contributed by atoms with E-state index in [1.54, 1.807) is 12.1 Å². The van der Waals surface area contributed by atoms with Crippen LogP contribution in [-0.4, -0.2) is 42.3 Å². The first-order valence-electron chi connectivity index (χ1n) is 7.84. The Hall–Kier alpha value is -2.10. The molecule has 0 fully saturated rings. The summed E-state index contributed by atoms with van der Waals surface area (Å²) < 4.78 is 58.5. The fourth-order valence-corrected chi connectivity index (χ4v) is 4.38. The zero-order chi connectivity index (χ0) is 19.5. The first-order valence-corrected chi connectivity index (χ1v) is 10.8. The van der Waals surface area contributed by atoms with Crippen LogP contribution in [0.5, 0.6) is 5.75 Å². The van der Waals surface area contributed by atoms with Gasteiger partial charge in [0, 0.05) is 14.1 Å². The molecule has 0 spiro atoms. The van der Waals surface area contributed by atoms with Gasteiger partial charge in [-0.25, -0.2) is 21.1 Å². The summed E-state index contributed by atoms with van der Waals surface area (Å²) >= 11 is 0. The van der Waals surface area contributed by atoms with E-state index >= 15 is 0 Å². The van der Waals surface area contributed by atoms with E-state index in [1.165, 1.54) is 51.5 Å². The number of ether oxygens (including phenoxy) is 1. The van der Waals surface area contributed by atoms with Crippen molar-refractivity contribution in [3.63, 3.8) is 0 Å². The Morgan fingerprint density at radius 1 is 1.00 bits per heavy atom. The summed E-state index contributed by atoms with van der Waals surface area (Å²) in [5, 5.41) is 0. The molecule has 142 valence electrons. The molecule has 7 nitrogen and oxygen atoms in total. The summed E-state index contributed by atoms with van der Waals surface area (Å²) in [4.78, 5) is -0.0194. The van der Waals surface area contributed by atoms with E-state index in [-0.39, 0.29) is 21.2 Å². The van der Waals surface area contributed by atoms with E-state index in [1.807, 2.05) is 6.92 Å². The van der Waals surface area contributed by atoms with Crippen molar-refractivity contribution in [3.05, 3.63) is 48.0 Å². The molecule has 0 saturated carbocycles. The molecule has 26 heavy (non-hydrogen) atoms. The van der Waals surface area contributed by atoms with Crippen molar-refractivity contribution < 1.29 is 21.6 Å². The summed E-state index contributed by atoms with van der Waals surface area (Å²) in [5.41, 5.74) is 1.15. The van der Waals surface area contributed by atoms with Gasteiger partial charge in [0.15, 0.2) is 0 Å². The highest BCUT2D eigenvalue weighted by Crippen LogP contribution is 2.29. The normalized spacial score (nSPS) is 12.2. The van der Waals surface area contributed by atoms with Crippen LogP contribution < -0.4 is 9.46 Å². The molecule has 2 aromatic rings. The third-order valence-electron chi connectivity index (χ3n) is 3.82. The first kappa shape index (κ1) is 20.2. The summed E-state index contributed by atoms with van der Waals surface area (Å²) in [6.07, 6.45) is 0.804. The van der Waals surface area contributed by atoms with Crippen molar-refractivity contribution in [1.29, 1.82) is 0 Å². The quantitative estimate of drug-likeness (QED) is 0.773. The molecule has 0 aliphatic carbocycles. The van der Waals surface area contributed by atoms with Crippen LogP contribution in [0.4, 0.5) is 5.69 Å². The third-order valence-corrected chi connectivity index (χ3v) is 7.05. The average molecular weight is 399 g/mol. The number of aryl methyl sites for hydroxylation is 1. The van der Waals surface area contributed by atoms with Gasteiger partial charge in [0.1, 0.15) is 10.6 Å². The van der Waals surface area contributed by atoms with Crippen LogP contribution in [0.2, 0.25) is 0 Å². The average Bonchev–Trinajstić information content (AvgIpc) is 2.61. The molecule has 0 aromatic heterocycles. The third kappa shape index (κ3) is 4.17. The fraction of sp³-hybridized carbons (Fsp3) is 0.294. The Bertz CT molecular complexity index is 982. The molecule has 0 unspecified atom stereocenters. The lowest BCUT2D eigenvalue weighted by molar-refractivity contribution is 0.400. The minimum absolute atomic E-state index is 0.0996. The Morgan fingerprint density at radius 3 is 2.12 bits per heavy atom. The van der Waals surface area contributed by atoms with Crippen LogP contribution in [0.3, 0.4) is 0 Å². The summed E-state index contributed by atoms with van der Waals surface area (Å²) in [6.45, 7) is 1.98. The van der Waals surface area contributed by atoms with Crippen molar-refractivity contribution in [1.82, 2.24) is 4.31 Å². The SMILES string of the molecule is CCc1ccc(S(=O)(=O)Nc2ccc(OC)c(S(=O)(=O)N(C)C)c2)cc1. The van der Waals surface area contributed by atoms with Gasteiger partial charge in [-0.1, -0.05) is 19.1 Å². The Morgan fingerprint density at radius 2 is 1.62 bits per heavy atom. The van der Waals surface area contributed by atoms with Crippen LogP contribution in [0.25, 0.3) is 0 Å². The minimum atomic E-state index is -3.84. The lowest BCUT2D eigenvalue weighted by Gasteiger charge is -2.16. The maximum absolute atomic E-state index is 12.5. The van der Waals surface area contributed by atoms with E-state index in [2.05, 4.69) is 4.72 Å². The number of rotatable bonds is 7. The van der Waals surface area contributed by atoms with Gasteiger partial charge in [0.2, 0.25) is 10.0 Å². The molecular formula is C17H22N2O5S2. The van der Waals surface area contributed by atoms with Crippen molar-refractivity contribution in [2.75, 3.05) is 25.9 Å². The number of sulfonamides is 2. The van der Waals surface area contributed by atoms with Crippen molar-refractivity contribution >= 4 is 25.7 Å². The highest BCUT2D eigenvalue weighted by molar-refractivity contribution is 7.92. The number of nitrogens with zero attached hydrogens (tertiary/aromatic N) is 1. The van der Waals surface area contributed by atoms with E-state index < -0.39 is 20.0 Å². The smallest absolute Gasteiger partial charge is 0.261 e. The van der Waals surface area contributed by atoms with Gasteiger partial charge in [0.05, 0.1) is 17.7 Å². The van der Waals surface area contributed by atoms with E-state index in [4.69, 9.17) is 4.74 Å². The fourth-order valence-electron chi connectivity index (χ4n) is 2.26. The number of nitrogens with one attached hydrogen (secondary N) is 1. The van der Waals surface area contributed by atoms with E-state index in [0.29, 0.717) is 0 Å². The van der Waals surface area contributed by atoms with Gasteiger partial charge in [-0.2, -0.15) is 0 Å². The highest BCUT2D eigenvalue weighted by atomic mass is 32.2. The minimum Gasteiger partial charge on any atom is -0.495 e. The van der Waals surface area contributed by atoms with Gasteiger partial charge in [0.25, 0.3) is 10.0 Å². The molecule has 0 radical (unpaired) electrons. The van der Waals surface area contributed by atoms with Crippen LogP contribution in [0.1, 0.15) is 12.5 Å². The number of anilines is 1. The summed E-state index contributed by atoms with van der Waals surface area (Å²) in [5.74, 6) is 0.133. The van der Waals surface area contributed by atoms with Crippen molar-refractivity contribution in [2.24, 2.45) is 0 Å². The van der Waals surface area contributed by atoms with Gasteiger partial charge < -0.3 is 4.74 Å². The molecular weight excluding hydrogens is 376 g/mol. The van der Waals surface area contributed by atoms with Gasteiger partial charge in [-0.15, -0.1) is 0 Å². The summed E-state index contributed by atoms with van der Waals surface area (Å²) in [7, 11) is -3.51. The number of benzene rings is 2. The van der Waals surface area contributed by atoms with E-state index in [9.17, 15) is 16.8 Å². The van der Waals surface area contributed by atoms with Crippen LogP contribution in [0.15, 0.2) is 52.3 Å². The Kier molecular flexibility index (Phi) is 5.94. The highest BCUT2D eigenvalue weighted by Gasteiger charge is 2.24. The van der Waals surface area contributed by atoms with Crippen molar-refractivity contribution in [2.45, 2.75) is 23.1 Å². The topological polar surface area (TPSA) is 92.8 Å². The molecule has 2 rings (SSSR count). The molecule has 1 N–H and O–H groups in total. The summed E-state index contributed by atoms with van der Waals surface area (Å²) in [6, 6.07) is 10.6. The first-order chi connectivity index (χ1) is 12.1. The molecule has 0 bridgehead atoms. The van der Waals surface area contributed by atoms with Crippen molar-refractivity contribution in [3.8, 4) is 5.75 Å². The number of hydrogen-bond donors (Lipinski definition) is 1. The van der Waals surface area contributed by atoms with Crippen LogP contribution in [-0.2, 0) is 26.5 Å². The number of methoxy groups -OCH3 is 1. The molecule has 2 aromatic carbocycles. The second-order valence-electron chi connectivity index (χ2n) is 5.76. The maximum Gasteiger partial charge on any atom is 0.261 e. The van der Waals surface area contributed by atoms with Crippen LogP contribution >= 0.6 is 0 Å². The van der Waals surface area contributed by atoms with E-state index in [0.717, 1.165) is 16.3 Å². The zero-order valence-electron chi connectivity index (χ0n) is 15.1. The lowest BCUT2D eigenvalue weighted by atomic mass is 10.2. The standard InChI is InChI=1S/C17H22N2O5S2/c1-5-13-6-9-15(10-7-13)25(20,21)18-14-8-11-16(24-4)17(12-14)26(22,23)19(2)3/h6-12,18H,5H2,1-4H3. The second kappa shape index (κ2) is 7.65. The Balaban J connectivity index is 2.43. The molecule has 0 heterocycles. The molecule has 0 aliphatic rings. The molecule has 0 aliphatic heterocycles. The zero-order valence-corrected chi connectivity index (χ0v) is 16.7. The second-order valence-corrected chi connectivity index (χ2v) is 9.56. The predicted molar refractivity (Wildman–Crippen MR) is 100 cm³/mol. The monoisotopic (exact) mass is 398 g/mol. The number of hydrogen-bond acceptors (Lipinski definition) is 5. The van der Waals surface area contributed by atoms with Gasteiger partial charge >= 0.3 is 0 Å². The Labute approximate surface area is 154 Å².